The summed E-state index contributed by atoms with van der Waals surface area (Å²) in [6.45, 7) is 4.64. The number of aromatic nitrogens is 2. The Morgan fingerprint density at radius 3 is 2.67 bits per heavy atom. The SMILES string of the molecule is CC(C)n1ccc(C(=O)NCCOc2ccc(F)cc2)n1. The first-order valence-corrected chi connectivity index (χ1v) is 6.78. The number of hydrogen-bond acceptors (Lipinski definition) is 3. The van der Waals surface area contributed by atoms with Gasteiger partial charge in [-0.3, -0.25) is 9.48 Å². The van der Waals surface area contributed by atoms with Gasteiger partial charge < -0.3 is 10.1 Å². The zero-order valence-corrected chi connectivity index (χ0v) is 12.0. The topological polar surface area (TPSA) is 56.2 Å². The molecule has 0 saturated carbocycles. The minimum Gasteiger partial charge on any atom is -0.492 e. The second-order valence-corrected chi connectivity index (χ2v) is 4.83. The zero-order valence-electron chi connectivity index (χ0n) is 12.0. The van der Waals surface area contributed by atoms with E-state index in [1.54, 1.807) is 29.1 Å². The van der Waals surface area contributed by atoms with Crippen LogP contribution in [-0.2, 0) is 0 Å². The van der Waals surface area contributed by atoms with Crippen LogP contribution in [0, 0.1) is 5.82 Å². The van der Waals surface area contributed by atoms with Gasteiger partial charge in [0.2, 0.25) is 0 Å². The lowest BCUT2D eigenvalue weighted by atomic mass is 10.3. The van der Waals surface area contributed by atoms with Gasteiger partial charge in [0.25, 0.3) is 5.91 Å². The molecule has 1 heterocycles. The Morgan fingerprint density at radius 2 is 2.05 bits per heavy atom. The smallest absolute Gasteiger partial charge is 0.271 e. The molecule has 5 nitrogen and oxygen atoms in total. The molecule has 6 heteroatoms. The predicted molar refractivity (Wildman–Crippen MR) is 76.8 cm³/mol. The molecule has 1 aromatic heterocycles. The van der Waals surface area contributed by atoms with Gasteiger partial charge in [0.15, 0.2) is 0 Å². The molecule has 0 aliphatic heterocycles. The minimum atomic E-state index is -0.309. The maximum atomic E-state index is 12.7. The molecule has 0 spiro atoms. The summed E-state index contributed by atoms with van der Waals surface area (Å²) in [5.74, 6) is 0.0169. The van der Waals surface area contributed by atoms with E-state index in [0.29, 0.717) is 24.6 Å². The highest BCUT2D eigenvalue weighted by Gasteiger charge is 2.09. The number of carbonyl (C=O) groups excluding carboxylic acids is 1. The van der Waals surface area contributed by atoms with E-state index in [-0.39, 0.29) is 17.8 Å². The highest BCUT2D eigenvalue weighted by molar-refractivity contribution is 5.92. The van der Waals surface area contributed by atoms with Crippen LogP contribution in [0.3, 0.4) is 0 Å². The van der Waals surface area contributed by atoms with Crippen molar-refractivity contribution in [1.29, 1.82) is 0 Å². The number of hydrogen-bond donors (Lipinski definition) is 1. The Kier molecular flexibility index (Phi) is 4.92. The summed E-state index contributed by atoms with van der Waals surface area (Å²) in [6.07, 6.45) is 1.77. The fourth-order valence-electron chi connectivity index (χ4n) is 1.70. The van der Waals surface area contributed by atoms with E-state index in [1.807, 2.05) is 13.8 Å². The van der Waals surface area contributed by atoms with Gasteiger partial charge in [-0.1, -0.05) is 0 Å². The maximum Gasteiger partial charge on any atom is 0.271 e. The predicted octanol–water partition coefficient (Wildman–Crippen LogP) is 2.41. The maximum absolute atomic E-state index is 12.7. The van der Waals surface area contributed by atoms with Crippen LogP contribution in [0.5, 0.6) is 5.75 Å². The molecule has 2 aromatic rings. The third-order valence-corrected chi connectivity index (χ3v) is 2.84. The van der Waals surface area contributed by atoms with Gasteiger partial charge >= 0.3 is 0 Å². The van der Waals surface area contributed by atoms with Gasteiger partial charge in [-0.25, -0.2) is 4.39 Å². The average molecular weight is 291 g/mol. The van der Waals surface area contributed by atoms with Crippen molar-refractivity contribution in [3.05, 3.63) is 48.0 Å². The van der Waals surface area contributed by atoms with Crippen molar-refractivity contribution in [3.63, 3.8) is 0 Å². The molecule has 0 saturated heterocycles. The van der Waals surface area contributed by atoms with Crippen LogP contribution < -0.4 is 10.1 Å². The van der Waals surface area contributed by atoms with Crippen LogP contribution in [0.15, 0.2) is 36.5 Å². The van der Waals surface area contributed by atoms with Crippen molar-refractivity contribution in [2.75, 3.05) is 13.2 Å². The minimum absolute atomic E-state index is 0.216. The van der Waals surface area contributed by atoms with Gasteiger partial charge in [-0.05, 0) is 44.2 Å². The van der Waals surface area contributed by atoms with Crippen molar-refractivity contribution in [1.82, 2.24) is 15.1 Å². The number of carbonyl (C=O) groups is 1. The van der Waals surface area contributed by atoms with E-state index in [0.717, 1.165) is 0 Å². The highest BCUT2D eigenvalue weighted by Crippen LogP contribution is 2.10. The third-order valence-electron chi connectivity index (χ3n) is 2.84. The highest BCUT2D eigenvalue weighted by atomic mass is 19.1. The lowest BCUT2D eigenvalue weighted by molar-refractivity contribution is 0.0941. The molecule has 21 heavy (non-hydrogen) atoms. The number of benzene rings is 1. The molecule has 0 fully saturated rings. The van der Waals surface area contributed by atoms with Crippen LogP contribution in [0.2, 0.25) is 0 Å². The molecule has 0 unspecified atom stereocenters. The number of nitrogens with one attached hydrogen (secondary N) is 1. The number of amides is 1. The first-order chi connectivity index (χ1) is 10.1. The van der Waals surface area contributed by atoms with Crippen LogP contribution in [-0.4, -0.2) is 28.8 Å². The van der Waals surface area contributed by atoms with E-state index < -0.39 is 0 Å². The normalized spacial score (nSPS) is 10.7. The largest absolute Gasteiger partial charge is 0.492 e. The summed E-state index contributed by atoms with van der Waals surface area (Å²) in [4.78, 5) is 11.8. The summed E-state index contributed by atoms with van der Waals surface area (Å²) in [5, 5.41) is 6.90. The summed E-state index contributed by atoms with van der Waals surface area (Å²) < 4.78 is 19.8. The van der Waals surface area contributed by atoms with Crippen LogP contribution in [0.4, 0.5) is 4.39 Å². The fourth-order valence-corrected chi connectivity index (χ4v) is 1.70. The molecular weight excluding hydrogens is 273 g/mol. The van der Waals surface area contributed by atoms with Crippen molar-refractivity contribution in [3.8, 4) is 5.75 Å². The van der Waals surface area contributed by atoms with Gasteiger partial charge in [0.1, 0.15) is 23.9 Å². The second kappa shape index (κ2) is 6.88. The Labute approximate surface area is 122 Å². The van der Waals surface area contributed by atoms with E-state index >= 15 is 0 Å². The Bertz CT molecular complexity index is 593. The molecule has 0 aliphatic rings. The number of nitrogens with zero attached hydrogens (tertiary/aromatic N) is 2. The van der Waals surface area contributed by atoms with Crippen LogP contribution >= 0.6 is 0 Å². The van der Waals surface area contributed by atoms with E-state index in [2.05, 4.69) is 10.4 Å². The lowest BCUT2D eigenvalue weighted by Gasteiger charge is -2.07. The summed E-state index contributed by atoms with van der Waals surface area (Å²) in [5.41, 5.74) is 0.380. The summed E-state index contributed by atoms with van der Waals surface area (Å²) >= 11 is 0. The van der Waals surface area contributed by atoms with Crippen molar-refractivity contribution >= 4 is 5.91 Å². The van der Waals surface area contributed by atoms with Crippen molar-refractivity contribution < 1.29 is 13.9 Å². The van der Waals surface area contributed by atoms with Crippen molar-refractivity contribution in [2.45, 2.75) is 19.9 Å². The molecule has 1 amide bonds. The van der Waals surface area contributed by atoms with Crippen LogP contribution in [0.1, 0.15) is 30.4 Å². The van der Waals surface area contributed by atoms with E-state index in [9.17, 15) is 9.18 Å². The zero-order chi connectivity index (χ0) is 15.2. The quantitative estimate of drug-likeness (QED) is 0.832. The molecule has 0 bridgehead atoms. The second-order valence-electron chi connectivity index (χ2n) is 4.83. The lowest BCUT2D eigenvalue weighted by Crippen LogP contribution is -2.28. The van der Waals surface area contributed by atoms with E-state index in [1.165, 1.54) is 12.1 Å². The van der Waals surface area contributed by atoms with Gasteiger partial charge in [0, 0.05) is 12.2 Å². The number of halogens is 1. The first kappa shape index (κ1) is 15.0. The standard InChI is InChI=1S/C15H18FN3O2/c1-11(2)19-9-7-14(18-19)15(20)17-8-10-21-13-5-3-12(16)4-6-13/h3-7,9,11H,8,10H2,1-2H3,(H,17,20). The molecule has 0 atom stereocenters. The summed E-state index contributed by atoms with van der Waals surface area (Å²) in [7, 11) is 0. The van der Waals surface area contributed by atoms with E-state index in [4.69, 9.17) is 4.74 Å². The van der Waals surface area contributed by atoms with Gasteiger partial charge in [0.05, 0.1) is 6.54 Å². The fraction of sp³-hybridized carbons (Fsp3) is 0.333. The first-order valence-electron chi connectivity index (χ1n) is 6.78. The Morgan fingerprint density at radius 1 is 1.33 bits per heavy atom. The molecule has 0 aliphatic carbocycles. The van der Waals surface area contributed by atoms with Gasteiger partial charge in [-0.15, -0.1) is 0 Å². The number of rotatable bonds is 6. The summed E-state index contributed by atoms with van der Waals surface area (Å²) in [6, 6.07) is 7.63. The molecule has 1 aromatic carbocycles. The molecule has 112 valence electrons. The third kappa shape index (κ3) is 4.30. The van der Waals surface area contributed by atoms with Crippen molar-refractivity contribution in [2.24, 2.45) is 0 Å². The average Bonchev–Trinajstić information content (AvgIpc) is 2.95. The monoisotopic (exact) mass is 291 g/mol. The molecular formula is C15H18FN3O2. The Balaban J connectivity index is 1.75. The van der Waals surface area contributed by atoms with Crippen LogP contribution in [0.25, 0.3) is 0 Å². The molecule has 1 N–H and O–H groups in total. The number of ether oxygens (including phenoxy) is 1. The van der Waals surface area contributed by atoms with Gasteiger partial charge in [-0.2, -0.15) is 5.10 Å². The Hall–Kier alpha value is -2.37. The molecule has 0 radical (unpaired) electrons. The molecule has 2 rings (SSSR count).